The number of piperidine rings is 1. The second-order valence-corrected chi connectivity index (χ2v) is 12.6. The lowest BCUT2D eigenvalue weighted by atomic mass is 9.63. The number of nitrogens with two attached hydrogens (primary N) is 1. The molecule has 4 amide bonds. The van der Waals surface area contributed by atoms with E-state index in [1.54, 1.807) is 31.3 Å². The summed E-state index contributed by atoms with van der Waals surface area (Å²) in [4.78, 5) is 54.8. The first-order chi connectivity index (χ1) is 20.7. The predicted molar refractivity (Wildman–Crippen MR) is 164 cm³/mol. The van der Waals surface area contributed by atoms with Crippen LogP contribution in [-0.2, 0) is 21.5 Å². The maximum Gasteiger partial charge on any atom is 0.264 e. The summed E-state index contributed by atoms with van der Waals surface area (Å²) in [6.07, 6.45) is 8.56. The molecular weight excluding hydrogens is 612 g/mol. The lowest BCUT2D eigenvalue weighted by molar-refractivity contribution is -0.142. The lowest BCUT2D eigenvalue weighted by Crippen LogP contribution is -2.53. The monoisotopic (exact) mass is 646 g/mol. The van der Waals surface area contributed by atoms with Gasteiger partial charge in [-0.15, -0.1) is 0 Å². The number of amides is 4. The van der Waals surface area contributed by atoms with Crippen LogP contribution in [0.1, 0.15) is 83.3 Å². The number of nitrogens with one attached hydrogen (secondary N) is 1. The van der Waals surface area contributed by atoms with Crippen molar-refractivity contribution in [2.75, 3.05) is 18.4 Å². The predicted octanol–water partition coefficient (Wildman–Crippen LogP) is 4.40. The van der Waals surface area contributed by atoms with Crippen LogP contribution in [0.3, 0.4) is 0 Å². The molecule has 0 bridgehead atoms. The fourth-order valence-electron chi connectivity index (χ4n) is 6.67. The zero-order valence-electron chi connectivity index (χ0n) is 24.1. The number of hydrogen-bond donors (Lipinski definition) is 2. The van der Waals surface area contributed by atoms with Crippen LogP contribution in [0.25, 0.3) is 0 Å². The first kappa shape index (κ1) is 29.1. The van der Waals surface area contributed by atoms with Crippen LogP contribution in [0, 0.1) is 0 Å². The van der Waals surface area contributed by atoms with Crippen LogP contribution < -0.4 is 11.1 Å². The number of fused-ring (bicyclic) bond motifs is 1. The maximum atomic E-state index is 13.7. The average molecular weight is 648 g/mol. The van der Waals surface area contributed by atoms with Gasteiger partial charge in [-0.1, -0.05) is 47.5 Å². The van der Waals surface area contributed by atoms with Crippen molar-refractivity contribution in [3.63, 3.8) is 0 Å². The summed E-state index contributed by atoms with van der Waals surface area (Å²) in [6, 6.07) is 12.4. The Labute approximate surface area is 258 Å². The summed E-state index contributed by atoms with van der Waals surface area (Å²) in [5, 5.41) is 7.89. The minimum atomic E-state index is -0.986. The Morgan fingerprint density at radius 3 is 2.44 bits per heavy atom. The van der Waals surface area contributed by atoms with Crippen molar-refractivity contribution >= 4 is 45.2 Å². The number of rotatable bonds is 9. The van der Waals surface area contributed by atoms with E-state index in [2.05, 4.69) is 38.5 Å². The first-order valence-corrected chi connectivity index (χ1v) is 15.7. The van der Waals surface area contributed by atoms with Gasteiger partial charge in [0.25, 0.3) is 11.8 Å². The number of hydrogen-bond acceptors (Lipinski definition) is 6. The van der Waals surface area contributed by atoms with Crippen molar-refractivity contribution in [3.05, 3.63) is 81.6 Å². The number of halogens is 1. The van der Waals surface area contributed by atoms with Gasteiger partial charge in [-0.05, 0) is 61.9 Å². The molecule has 11 heteroatoms. The first-order valence-electron chi connectivity index (χ1n) is 14.9. The number of nitrogens with zero attached hydrogens (tertiary/aromatic N) is 4. The summed E-state index contributed by atoms with van der Waals surface area (Å²) >= 11 is 3.50. The highest BCUT2D eigenvalue weighted by Crippen LogP contribution is 2.46. The van der Waals surface area contributed by atoms with E-state index in [1.165, 1.54) is 0 Å². The van der Waals surface area contributed by atoms with Crippen molar-refractivity contribution in [3.8, 4) is 0 Å². The third-order valence-electron chi connectivity index (χ3n) is 9.25. The molecular formula is C32H35BrN6O4. The Morgan fingerprint density at radius 1 is 1.09 bits per heavy atom. The van der Waals surface area contributed by atoms with Crippen LogP contribution >= 0.6 is 15.9 Å². The molecule has 3 heterocycles. The molecule has 1 unspecified atom stereocenters. The molecule has 43 heavy (non-hydrogen) atoms. The molecule has 1 saturated carbocycles. The van der Waals surface area contributed by atoms with Crippen LogP contribution in [0.15, 0.2) is 59.3 Å². The van der Waals surface area contributed by atoms with Crippen molar-refractivity contribution in [2.45, 2.75) is 69.5 Å². The van der Waals surface area contributed by atoms with Crippen LogP contribution in [0.4, 0.5) is 5.69 Å². The minimum Gasteiger partial charge on any atom is -0.380 e. The highest BCUT2D eigenvalue weighted by atomic mass is 79.9. The number of carbonyl (C=O) groups excluding carboxylic acids is 4. The second kappa shape index (κ2) is 11.6. The third-order valence-corrected chi connectivity index (χ3v) is 9.78. The summed E-state index contributed by atoms with van der Waals surface area (Å²) in [7, 11) is 0. The van der Waals surface area contributed by atoms with E-state index >= 15 is 0 Å². The average Bonchev–Trinajstić information content (AvgIpc) is 3.56. The summed E-state index contributed by atoms with van der Waals surface area (Å²) in [6.45, 7) is 3.51. The van der Waals surface area contributed by atoms with Crippen LogP contribution in [0.5, 0.6) is 0 Å². The summed E-state index contributed by atoms with van der Waals surface area (Å²) in [5.41, 5.74) is 8.15. The molecule has 1 aliphatic carbocycles. The van der Waals surface area contributed by atoms with E-state index in [9.17, 15) is 19.2 Å². The molecule has 3 aliphatic rings. The van der Waals surface area contributed by atoms with Crippen LogP contribution in [0.2, 0.25) is 0 Å². The van der Waals surface area contributed by atoms with Gasteiger partial charge < -0.3 is 16.0 Å². The zero-order valence-corrected chi connectivity index (χ0v) is 25.7. The Bertz CT molecular complexity index is 1570. The Morgan fingerprint density at radius 2 is 1.81 bits per heavy atom. The highest BCUT2D eigenvalue weighted by Gasteiger charge is 2.48. The van der Waals surface area contributed by atoms with E-state index < -0.39 is 29.2 Å². The number of aromatic nitrogens is 2. The quantitative estimate of drug-likeness (QED) is 0.331. The molecule has 0 radical (unpaired) electrons. The smallest absolute Gasteiger partial charge is 0.264 e. The molecule has 3 N–H and O–H groups in total. The fourth-order valence-corrected chi connectivity index (χ4v) is 6.94. The summed E-state index contributed by atoms with van der Waals surface area (Å²) in [5.74, 6) is -1.49. The summed E-state index contributed by atoms with van der Waals surface area (Å²) < 4.78 is 2.98. The van der Waals surface area contributed by atoms with E-state index in [4.69, 9.17) is 5.73 Å². The molecule has 224 valence electrons. The molecule has 6 rings (SSSR count). The third kappa shape index (κ3) is 5.13. The number of anilines is 1. The number of imide groups is 1. The van der Waals surface area contributed by atoms with Crippen LogP contribution in [-0.4, -0.2) is 62.3 Å². The minimum absolute atomic E-state index is 0.191. The largest absolute Gasteiger partial charge is 0.380 e. The number of carbonyl (C=O) groups is 4. The molecule has 2 fully saturated rings. The molecule has 2 aromatic carbocycles. The maximum absolute atomic E-state index is 13.7. The topological polar surface area (TPSA) is 131 Å². The Balaban J connectivity index is 1.08. The highest BCUT2D eigenvalue weighted by molar-refractivity contribution is 9.10. The molecule has 10 nitrogen and oxygen atoms in total. The van der Waals surface area contributed by atoms with E-state index in [0.717, 1.165) is 52.6 Å². The van der Waals surface area contributed by atoms with Gasteiger partial charge >= 0.3 is 0 Å². The molecule has 0 spiro atoms. The fraction of sp³-hybridized carbons (Fsp3) is 0.406. The van der Waals surface area contributed by atoms with Gasteiger partial charge in [0, 0.05) is 41.6 Å². The number of likely N-dealkylation sites (tertiary alicyclic amines) is 1. The van der Waals surface area contributed by atoms with Gasteiger partial charge in [-0.3, -0.25) is 28.8 Å². The normalized spacial score (nSPS) is 18.7. The molecule has 2 aliphatic heterocycles. The second-order valence-electron chi connectivity index (χ2n) is 11.7. The Kier molecular flexibility index (Phi) is 7.85. The lowest BCUT2D eigenvalue weighted by Gasteiger charge is -2.45. The molecule has 1 atom stereocenters. The van der Waals surface area contributed by atoms with E-state index in [0.29, 0.717) is 25.3 Å². The standard InChI is InChI=1S/C32H35BrN6O4/c1-2-26(28(34)40)39-29(41)24-5-3-6-25(27(24)30(39)42)35-17-20-18-36-38(19-20)23-11-15-37(16-12-23)31(43)32(13-4-14-32)21-7-9-22(33)10-8-21/h3,5-10,18-19,23,26,35H,2,4,11-17H2,1H3,(H2,34,40). The SMILES string of the molecule is CCC(C(N)=O)N1C(=O)c2cccc(NCc3cnn(C4CCN(C(=O)C5(c6ccc(Br)cc6)CCC5)CC4)c3)c2C1=O. The van der Waals surface area contributed by atoms with Gasteiger partial charge in [0.05, 0.1) is 28.8 Å². The zero-order chi connectivity index (χ0) is 30.3. The van der Waals surface area contributed by atoms with Crippen molar-refractivity contribution < 1.29 is 19.2 Å². The molecule has 1 aromatic heterocycles. The van der Waals surface area contributed by atoms with Gasteiger partial charge in [0.15, 0.2) is 0 Å². The van der Waals surface area contributed by atoms with E-state index in [-0.39, 0.29) is 29.5 Å². The van der Waals surface area contributed by atoms with Gasteiger partial charge in [-0.2, -0.15) is 5.10 Å². The van der Waals surface area contributed by atoms with Crippen molar-refractivity contribution in [2.24, 2.45) is 5.73 Å². The van der Waals surface area contributed by atoms with Crippen molar-refractivity contribution in [1.29, 1.82) is 0 Å². The van der Waals surface area contributed by atoms with Crippen molar-refractivity contribution in [1.82, 2.24) is 19.6 Å². The van der Waals surface area contributed by atoms with Gasteiger partial charge in [-0.25, -0.2) is 0 Å². The Hall–Kier alpha value is -3.99. The van der Waals surface area contributed by atoms with Gasteiger partial charge in [0.1, 0.15) is 6.04 Å². The molecule has 3 aromatic rings. The number of primary amides is 1. The molecule has 1 saturated heterocycles. The number of benzene rings is 2. The van der Waals surface area contributed by atoms with Gasteiger partial charge in [0.2, 0.25) is 11.8 Å². The van der Waals surface area contributed by atoms with E-state index in [1.807, 2.05) is 27.9 Å².